The summed E-state index contributed by atoms with van der Waals surface area (Å²) in [6.07, 6.45) is 1.35. The quantitative estimate of drug-likeness (QED) is 0.756. The Morgan fingerprint density at radius 2 is 2.31 bits per heavy atom. The number of hydrogen-bond donors (Lipinski definition) is 2. The molecule has 0 aliphatic carbocycles. The van der Waals surface area contributed by atoms with E-state index in [9.17, 15) is 9.59 Å². The highest BCUT2D eigenvalue weighted by atomic mass is 35.5. The van der Waals surface area contributed by atoms with Crippen LogP contribution in [-0.4, -0.2) is 16.1 Å². The topological polar surface area (TPSA) is 70.2 Å². The van der Waals surface area contributed by atoms with Gasteiger partial charge in [-0.05, 0) is 18.6 Å². The highest BCUT2D eigenvalue weighted by Crippen LogP contribution is 2.15. The van der Waals surface area contributed by atoms with E-state index in [0.717, 1.165) is 0 Å². The van der Waals surface area contributed by atoms with E-state index in [-0.39, 0.29) is 5.02 Å². The molecule has 0 radical (unpaired) electrons. The van der Waals surface area contributed by atoms with Gasteiger partial charge in [0.2, 0.25) is 0 Å². The monoisotopic (exact) mass is 201 g/mol. The number of carboxylic acids is 1. The average molecular weight is 202 g/mol. The lowest BCUT2D eigenvalue weighted by Crippen LogP contribution is -2.12. The second kappa shape index (κ2) is 3.62. The largest absolute Gasteiger partial charge is 0.481 e. The molecule has 2 N–H and O–H groups in total. The summed E-state index contributed by atoms with van der Waals surface area (Å²) in [5, 5.41) is 8.67. The van der Waals surface area contributed by atoms with Crippen molar-refractivity contribution in [3.05, 3.63) is 33.2 Å². The molecule has 0 fully saturated rings. The van der Waals surface area contributed by atoms with Crippen molar-refractivity contribution in [3.8, 4) is 0 Å². The van der Waals surface area contributed by atoms with Gasteiger partial charge < -0.3 is 10.1 Å². The molecule has 0 saturated heterocycles. The van der Waals surface area contributed by atoms with Crippen LogP contribution in [0.3, 0.4) is 0 Å². The van der Waals surface area contributed by atoms with Gasteiger partial charge in [-0.15, -0.1) is 0 Å². The third-order valence-corrected chi connectivity index (χ3v) is 2.03. The van der Waals surface area contributed by atoms with E-state index in [1.54, 1.807) is 0 Å². The lowest BCUT2D eigenvalue weighted by molar-refractivity contribution is -0.138. The predicted molar refractivity (Wildman–Crippen MR) is 48.1 cm³/mol. The van der Waals surface area contributed by atoms with Crippen LogP contribution in [0, 0.1) is 0 Å². The third kappa shape index (κ3) is 2.09. The van der Waals surface area contributed by atoms with Gasteiger partial charge in [0.15, 0.2) is 0 Å². The number of aliphatic carboxylic acids is 1. The molecule has 1 rings (SSSR count). The number of pyridine rings is 1. The number of carbonyl (C=O) groups is 1. The molecule has 1 aromatic rings. The summed E-state index contributed by atoms with van der Waals surface area (Å²) in [6.45, 7) is 1.52. The van der Waals surface area contributed by atoms with Gasteiger partial charge in [0.05, 0.1) is 5.92 Å². The summed E-state index contributed by atoms with van der Waals surface area (Å²) >= 11 is 5.53. The molecule has 0 amide bonds. The van der Waals surface area contributed by atoms with Crippen LogP contribution in [-0.2, 0) is 4.79 Å². The first kappa shape index (κ1) is 9.80. The number of H-pyrrole nitrogens is 1. The van der Waals surface area contributed by atoms with Gasteiger partial charge in [-0.2, -0.15) is 0 Å². The molecule has 1 heterocycles. The maximum absolute atomic E-state index is 10.8. The summed E-state index contributed by atoms with van der Waals surface area (Å²) in [6, 6.07) is 1.36. The van der Waals surface area contributed by atoms with Gasteiger partial charge in [-0.25, -0.2) is 0 Å². The van der Waals surface area contributed by atoms with Crippen LogP contribution in [0.15, 0.2) is 17.1 Å². The maximum atomic E-state index is 10.8. The van der Waals surface area contributed by atoms with Crippen molar-refractivity contribution in [1.82, 2.24) is 4.98 Å². The molecular weight excluding hydrogens is 194 g/mol. The molecule has 1 unspecified atom stereocenters. The van der Waals surface area contributed by atoms with Crippen molar-refractivity contribution in [1.29, 1.82) is 0 Å². The molecule has 0 aromatic carbocycles. The van der Waals surface area contributed by atoms with E-state index in [2.05, 4.69) is 4.98 Å². The van der Waals surface area contributed by atoms with E-state index >= 15 is 0 Å². The number of halogens is 1. The average Bonchev–Trinajstić information content (AvgIpc) is 2.08. The second-order valence-electron chi connectivity index (χ2n) is 2.67. The zero-order valence-electron chi connectivity index (χ0n) is 6.87. The van der Waals surface area contributed by atoms with Crippen LogP contribution in [0.2, 0.25) is 5.02 Å². The fourth-order valence-corrected chi connectivity index (χ4v) is 1.04. The van der Waals surface area contributed by atoms with Crippen LogP contribution in [0.5, 0.6) is 0 Å². The molecular formula is C8H8ClNO3. The molecule has 5 heteroatoms. The summed E-state index contributed by atoms with van der Waals surface area (Å²) in [5.41, 5.74) is 0.0695. The smallest absolute Gasteiger partial charge is 0.310 e. The Hall–Kier alpha value is -1.29. The fraction of sp³-hybridized carbons (Fsp3) is 0.250. The first-order valence-corrected chi connectivity index (χ1v) is 4.01. The summed E-state index contributed by atoms with van der Waals surface area (Å²) < 4.78 is 0. The molecule has 13 heavy (non-hydrogen) atoms. The van der Waals surface area contributed by atoms with Gasteiger partial charge in [-0.1, -0.05) is 11.6 Å². The molecule has 0 spiro atoms. The van der Waals surface area contributed by atoms with Crippen molar-refractivity contribution in [2.45, 2.75) is 12.8 Å². The van der Waals surface area contributed by atoms with Crippen molar-refractivity contribution in [2.24, 2.45) is 0 Å². The molecule has 0 saturated carbocycles. The minimum Gasteiger partial charge on any atom is -0.481 e. The predicted octanol–water partition coefficient (Wildman–Crippen LogP) is 1.22. The highest BCUT2D eigenvalue weighted by molar-refractivity contribution is 6.30. The molecule has 1 aromatic heterocycles. The Bertz CT molecular complexity index is 385. The van der Waals surface area contributed by atoms with E-state index in [4.69, 9.17) is 16.7 Å². The van der Waals surface area contributed by atoms with Gasteiger partial charge in [-0.3, -0.25) is 9.59 Å². The summed E-state index contributed by atoms with van der Waals surface area (Å²) in [5.74, 6) is -1.63. The van der Waals surface area contributed by atoms with Crippen LogP contribution in [0.25, 0.3) is 0 Å². The van der Waals surface area contributed by atoms with Crippen LogP contribution < -0.4 is 5.56 Å². The Kier molecular flexibility index (Phi) is 2.72. The zero-order chi connectivity index (χ0) is 10.0. The van der Waals surface area contributed by atoms with Crippen LogP contribution >= 0.6 is 11.6 Å². The Morgan fingerprint density at radius 1 is 1.69 bits per heavy atom. The molecule has 4 nitrogen and oxygen atoms in total. The molecule has 0 aliphatic heterocycles. The Morgan fingerprint density at radius 3 is 2.77 bits per heavy atom. The minimum absolute atomic E-state index is 0.00519. The standard InChI is InChI=1S/C8H8ClNO3/c1-4(8(12)13)5-2-6(9)7(11)10-3-5/h2-4H,1H3,(H,10,11)(H,12,13). The number of rotatable bonds is 2. The number of aromatic amines is 1. The highest BCUT2D eigenvalue weighted by Gasteiger charge is 2.14. The van der Waals surface area contributed by atoms with Crippen LogP contribution in [0.1, 0.15) is 18.4 Å². The van der Waals surface area contributed by atoms with E-state index in [1.165, 1.54) is 19.2 Å². The van der Waals surface area contributed by atoms with Crippen molar-refractivity contribution in [3.63, 3.8) is 0 Å². The number of hydrogen-bond acceptors (Lipinski definition) is 2. The van der Waals surface area contributed by atoms with E-state index < -0.39 is 17.4 Å². The first-order valence-electron chi connectivity index (χ1n) is 3.63. The van der Waals surface area contributed by atoms with Crippen LogP contribution in [0.4, 0.5) is 0 Å². The zero-order valence-corrected chi connectivity index (χ0v) is 7.63. The van der Waals surface area contributed by atoms with Crippen molar-refractivity contribution < 1.29 is 9.90 Å². The number of carboxylic acid groups (broad SMARTS) is 1. The Labute approximate surface area is 79.2 Å². The van der Waals surface area contributed by atoms with Crippen molar-refractivity contribution >= 4 is 17.6 Å². The number of nitrogens with one attached hydrogen (secondary N) is 1. The van der Waals surface area contributed by atoms with E-state index in [0.29, 0.717) is 5.56 Å². The fourth-order valence-electron chi connectivity index (χ4n) is 0.864. The van der Waals surface area contributed by atoms with Gasteiger partial charge in [0, 0.05) is 6.20 Å². The number of aromatic nitrogens is 1. The third-order valence-electron chi connectivity index (χ3n) is 1.75. The second-order valence-corrected chi connectivity index (χ2v) is 3.08. The molecule has 70 valence electrons. The van der Waals surface area contributed by atoms with Gasteiger partial charge in [0.25, 0.3) is 5.56 Å². The normalized spacial score (nSPS) is 12.5. The Balaban J connectivity index is 3.11. The van der Waals surface area contributed by atoms with Gasteiger partial charge in [0.1, 0.15) is 5.02 Å². The maximum Gasteiger partial charge on any atom is 0.310 e. The first-order chi connectivity index (χ1) is 6.02. The molecule has 1 atom stereocenters. The SMILES string of the molecule is CC(C(=O)O)c1c[nH]c(=O)c(Cl)c1. The lowest BCUT2D eigenvalue weighted by Gasteiger charge is -2.05. The summed E-state index contributed by atoms with van der Waals surface area (Å²) in [4.78, 5) is 23.7. The van der Waals surface area contributed by atoms with Crippen molar-refractivity contribution in [2.75, 3.05) is 0 Å². The summed E-state index contributed by atoms with van der Waals surface area (Å²) in [7, 11) is 0. The van der Waals surface area contributed by atoms with E-state index in [1.807, 2.05) is 0 Å². The molecule has 0 bridgehead atoms. The minimum atomic E-state index is -0.955. The lowest BCUT2D eigenvalue weighted by atomic mass is 10.0. The van der Waals surface area contributed by atoms with Gasteiger partial charge >= 0.3 is 5.97 Å². The molecule has 0 aliphatic rings.